The number of nitrogens with one attached hydrogen (secondary N) is 1. The molecule has 0 aliphatic carbocycles. The second-order valence-corrected chi connectivity index (χ2v) is 9.42. The van der Waals surface area contributed by atoms with Crippen LogP contribution in [0.4, 0.5) is 5.82 Å². The SMILES string of the molecule is Cc1sc2ncnc(N3CCC(C(=O)NCc4ccc(Cl)cc4Cl)CC3)c2c1C. The molecule has 5 nitrogen and oxygen atoms in total. The number of hydrogen-bond acceptors (Lipinski definition) is 5. The zero-order valence-corrected chi connectivity index (χ0v) is 18.7. The molecule has 1 saturated heterocycles. The van der Waals surface area contributed by atoms with Gasteiger partial charge in [-0.1, -0.05) is 29.3 Å². The fourth-order valence-electron chi connectivity index (χ4n) is 3.75. The largest absolute Gasteiger partial charge is 0.356 e. The van der Waals surface area contributed by atoms with Gasteiger partial charge in [-0.15, -0.1) is 11.3 Å². The molecule has 1 N–H and O–H groups in total. The van der Waals surface area contributed by atoms with Gasteiger partial charge in [-0.25, -0.2) is 9.97 Å². The predicted molar refractivity (Wildman–Crippen MR) is 120 cm³/mol. The van der Waals surface area contributed by atoms with E-state index < -0.39 is 0 Å². The van der Waals surface area contributed by atoms with Gasteiger partial charge in [0, 0.05) is 40.5 Å². The van der Waals surface area contributed by atoms with Crippen LogP contribution in [0.3, 0.4) is 0 Å². The number of fused-ring (bicyclic) bond motifs is 1. The van der Waals surface area contributed by atoms with Gasteiger partial charge in [-0.3, -0.25) is 4.79 Å². The van der Waals surface area contributed by atoms with Crippen LogP contribution in [0.1, 0.15) is 28.8 Å². The number of piperidine rings is 1. The van der Waals surface area contributed by atoms with Crippen molar-refractivity contribution in [1.29, 1.82) is 0 Å². The number of amides is 1. The Balaban J connectivity index is 1.39. The number of thiophene rings is 1. The van der Waals surface area contributed by atoms with Gasteiger partial charge < -0.3 is 10.2 Å². The van der Waals surface area contributed by atoms with E-state index in [-0.39, 0.29) is 11.8 Å². The predicted octanol–water partition coefficient (Wildman–Crippen LogP) is 5.15. The molecular weight excluding hydrogens is 427 g/mol. The number of aromatic nitrogens is 2. The van der Waals surface area contributed by atoms with Crippen LogP contribution in [0.5, 0.6) is 0 Å². The summed E-state index contributed by atoms with van der Waals surface area (Å²) in [6.07, 6.45) is 3.24. The number of halogens is 2. The number of benzene rings is 1. The highest BCUT2D eigenvalue weighted by molar-refractivity contribution is 7.18. The molecule has 8 heteroatoms. The summed E-state index contributed by atoms with van der Waals surface area (Å²) in [4.78, 5) is 26.2. The van der Waals surface area contributed by atoms with Crippen LogP contribution < -0.4 is 10.2 Å². The Morgan fingerprint density at radius 3 is 2.72 bits per heavy atom. The van der Waals surface area contributed by atoms with E-state index in [0.29, 0.717) is 16.6 Å². The summed E-state index contributed by atoms with van der Waals surface area (Å²) in [6, 6.07) is 5.32. The molecule has 1 aromatic carbocycles. The van der Waals surface area contributed by atoms with Gasteiger partial charge >= 0.3 is 0 Å². The van der Waals surface area contributed by atoms with Crippen molar-refractivity contribution in [1.82, 2.24) is 15.3 Å². The van der Waals surface area contributed by atoms with Gasteiger partial charge in [0.2, 0.25) is 5.91 Å². The van der Waals surface area contributed by atoms with Crippen molar-refractivity contribution in [2.75, 3.05) is 18.0 Å². The molecule has 2 aromatic heterocycles. The molecule has 3 aromatic rings. The minimum Gasteiger partial charge on any atom is -0.356 e. The Morgan fingerprint density at radius 2 is 2.00 bits per heavy atom. The van der Waals surface area contributed by atoms with Crippen molar-refractivity contribution < 1.29 is 4.79 Å². The number of aryl methyl sites for hydroxylation is 2. The van der Waals surface area contributed by atoms with Crippen LogP contribution in [-0.4, -0.2) is 29.0 Å². The van der Waals surface area contributed by atoms with Gasteiger partial charge in [0.1, 0.15) is 17.0 Å². The Kier molecular flexibility index (Phi) is 5.95. The van der Waals surface area contributed by atoms with E-state index in [1.54, 1.807) is 29.8 Å². The number of rotatable bonds is 4. The summed E-state index contributed by atoms with van der Waals surface area (Å²) in [7, 11) is 0. The number of nitrogens with zero attached hydrogens (tertiary/aromatic N) is 3. The van der Waals surface area contributed by atoms with Crippen molar-refractivity contribution in [3.63, 3.8) is 0 Å². The van der Waals surface area contributed by atoms with E-state index in [2.05, 4.69) is 34.0 Å². The maximum atomic E-state index is 12.6. The summed E-state index contributed by atoms with van der Waals surface area (Å²) < 4.78 is 0. The van der Waals surface area contributed by atoms with E-state index >= 15 is 0 Å². The first-order chi connectivity index (χ1) is 13.9. The monoisotopic (exact) mass is 448 g/mol. The van der Waals surface area contributed by atoms with Gasteiger partial charge in [0.05, 0.1) is 5.39 Å². The van der Waals surface area contributed by atoms with E-state index in [9.17, 15) is 4.79 Å². The van der Waals surface area contributed by atoms with E-state index in [1.807, 2.05) is 6.07 Å². The molecule has 1 amide bonds. The van der Waals surface area contributed by atoms with Crippen LogP contribution in [0.2, 0.25) is 10.0 Å². The highest BCUT2D eigenvalue weighted by Crippen LogP contribution is 2.35. The summed E-state index contributed by atoms with van der Waals surface area (Å²) in [5, 5.41) is 5.33. The lowest BCUT2D eigenvalue weighted by atomic mass is 9.95. The van der Waals surface area contributed by atoms with Gasteiger partial charge in [0.15, 0.2) is 0 Å². The summed E-state index contributed by atoms with van der Waals surface area (Å²) in [5.41, 5.74) is 2.12. The van der Waals surface area contributed by atoms with Crippen molar-refractivity contribution >= 4 is 56.5 Å². The third-order valence-corrected chi connectivity index (χ3v) is 7.28. The maximum Gasteiger partial charge on any atom is 0.223 e. The molecule has 29 heavy (non-hydrogen) atoms. The van der Waals surface area contributed by atoms with Crippen molar-refractivity contribution in [3.05, 3.63) is 50.6 Å². The standard InChI is InChI=1S/C21H22Cl2N4OS/c1-12-13(2)29-21-18(12)19(25-11-26-21)27-7-5-14(6-8-27)20(28)24-10-15-3-4-16(22)9-17(15)23/h3-4,9,11,14H,5-8,10H2,1-2H3,(H,24,28). The molecule has 0 unspecified atom stereocenters. The molecule has 0 bridgehead atoms. The fraction of sp³-hybridized carbons (Fsp3) is 0.381. The topological polar surface area (TPSA) is 58.1 Å². The summed E-state index contributed by atoms with van der Waals surface area (Å²) in [5.74, 6) is 1.06. The Bertz CT molecular complexity index is 1060. The third-order valence-electron chi connectivity index (χ3n) is 5.58. The molecule has 0 saturated carbocycles. The number of anilines is 1. The molecule has 152 valence electrons. The first kappa shape index (κ1) is 20.4. The lowest BCUT2D eigenvalue weighted by molar-refractivity contribution is -0.125. The first-order valence-electron chi connectivity index (χ1n) is 9.61. The lowest BCUT2D eigenvalue weighted by Crippen LogP contribution is -2.40. The molecule has 4 rings (SSSR count). The zero-order chi connectivity index (χ0) is 20.5. The van der Waals surface area contributed by atoms with Crippen LogP contribution >= 0.6 is 34.5 Å². The van der Waals surface area contributed by atoms with Crippen molar-refractivity contribution in [2.45, 2.75) is 33.2 Å². The van der Waals surface area contributed by atoms with Crippen LogP contribution in [-0.2, 0) is 11.3 Å². The van der Waals surface area contributed by atoms with E-state index in [1.165, 1.54) is 10.4 Å². The summed E-state index contributed by atoms with van der Waals surface area (Å²) in [6.45, 7) is 6.27. The second kappa shape index (κ2) is 8.46. The van der Waals surface area contributed by atoms with Crippen molar-refractivity contribution in [3.8, 4) is 0 Å². The van der Waals surface area contributed by atoms with Crippen molar-refractivity contribution in [2.24, 2.45) is 5.92 Å². The van der Waals surface area contributed by atoms with Crippen LogP contribution in [0, 0.1) is 19.8 Å². The molecule has 1 fully saturated rings. The van der Waals surface area contributed by atoms with E-state index in [0.717, 1.165) is 47.5 Å². The second-order valence-electron chi connectivity index (χ2n) is 7.38. The molecular formula is C21H22Cl2N4OS. The zero-order valence-electron chi connectivity index (χ0n) is 16.3. The van der Waals surface area contributed by atoms with Crippen LogP contribution in [0.25, 0.3) is 10.2 Å². The quantitative estimate of drug-likeness (QED) is 0.599. The average molecular weight is 449 g/mol. The number of carbonyl (C=O) groups is 1. The highest BCUT2D eigenvalue weighted by Gasteiger charge is 2.27. The van der Waals surface area contributed by atoms with E-state index in [4.69, 9.17) is 23.2 Å². The Morgan fingerprint density at radius 1 is 1.24 bits per heavy atom. The Hall–Kier alpha value is -1.89. The molecule has 3 heterocycles. The number of hydrogen-bond donors (Lipinski definition) is 1. The minimum absolute atomic E-state index is 0.0000356. The average Bonchev–Trinajstić information content (AvgIpc) is 3.01. The van der Waals surface area contributed by atoms with Gasteiger partial charge in [0.25, 0.3) is 0 Å². The molecule has 0 radical (unpaired) electrons. The van der Waals surface area contributed by atoms with Crippen LogP contribution in [0.15, 0.2) is 24.5 Å². The smallest absolute Gasteiger partial charge is 0.223 e. The molecule has 0 atom stereocenters. The normalized spacial score (nSPS) is 15.1. The molecule has 1 aliphatic heterocycles. The summed E-state index contributed by atoms with van der Waals surface area (Å²) >= 11 is 13.8. The van der Waals surface area contributed by atoms with Gasteiger partial charge in [-0.2, -0.15) is 0 Å². The minimum atomic E-state index is -0.0000356. The third kappa shape index (κ3) is 4.20. The fourth-order valence-corrected chi connectivity index (χ4v) is 5.22. The first-order valence-corrected chi connectivity index (χ1v) is 11.2. The Labute approximate surface area is 184 Å². The molecule has 0 spiro atoms. The molecule has 1 aliphatic rings. The number of carbonyl (C=O) groups excluding carboxylic acids is 1. The highest BCUT2D eigenvalue weighted by atomic mass is 35.5. The maximum absolute atomic E-state index is 12.6. The lowest BCUT2D eigenvalue weighted by Gasteiger charge is -2.32. The van der Waals surface area contributed by atoms with Gasteiger partial charge in [-0.05, 0) is 49.9 Å².